The Balaban J connectivity index is 2.21. The van der Waals surface area contributed by atoms with Crippen molar-refractivity contribution in [2.45, 2.75) is 0 Å². The fourth-order valence-corrected chi connectivity index (χ4v) is 1.56. The molecule has 0 fully saturated rings. The lowest BCUT2D eigenvalue weighted by atomic mass is 10.2. The topological polar surface area (TPSA) is 104 Å². The number of carboxylic acids is 1. The molecule has 3 N–H and O–H groups in total. The van der Waals surface area contributed by atoms with E-state index in [1.165, 1.54) is 19.2 Å². The number of hydrogen-bond acceptors (Lipinski definition) is 4. The Hall–Kier alpha value is -2.90. The summed E-state index contributed by atoms with van der Waals surface area (Å²) in [5.74, 6) is -2.68. The van der Waals surface area contributed by atoms with Crippen molar-refractivity contribution < 1.29 is 23.8 Å². The molecule has 1 heterocycles. The minimum Gasteiger partial charge on any atom is -0.494 e. The van der Waals surface area contributed by atoms with Crippen molar-refractivity contribution in [3.05, 3.63) is 41.7 Å². The van der Waals surface area contributed by atoms with Gasteiger partial charge in [-0.2, -0.15) is 0 Å². The molecule has 0 unspecified atom stereocenters. The molecule has 0 bridgehead atoms. The smallest absolute Gasteiger partial charge is 0.354 e. The third-order valence-electron chi connectivity index (χ3n) is 2.48. The van der Waals surface area contributed by atoms with Crippen LogP contribution in [0.1, 0.15) is 21.0 Å². The number of carboxylic acid groups (broad SMARTS) is 1. The number of H-pyrrole nitrogens is 1. The highest BCUT2D eigenvalue weighted by Crippen LogP contribution is 2.21. The molecule has 0 saturated heterocycles. The van der Waals surface area contributed by atoms with Gasteiger partial charge in [0.25, 0.3) is 5.91 Å². The Labute approximate surface area is 112 Å². The highest BCUT2D eigenvalue weighted by Gasteiger charge is 2.20. The van der Waals surface area contributed by atoms with Crippen LogP contribution in [0.5, 0.6) is 5.75 Å². The average molecular weight is 279 g/mol. The van der Waals surface area contributed by atoms with Gasteiger partial charge >= 0.3 is 5.97 Å². The van der Waals surface area contributed by atoms with Crippen LogP contribution in [-0.4, -0.2) is 34.1 Å². The van der Waals surface area contributed by atoms with Crippen molar-refractivity contribution in [2.75, 3.05) is 12.4 Å². The van der Waals surface area contributed by atoms with Crippen molar-refractivity contribution >= 4 is 17.6 Å². The minimum absolute atomic E-state index is 0.0361. The monoisotopic (exact) mass is 279 g/mol. The first-order valence-electron chi connectivity index (χ1n) is 5.44. The predicted octanol–water partition coefficient (Wildman–Crippen LogP) is 1.51. The van der Waals surface area contributed by atoms with E-state index in [2.05, 4.69) is 15.3 Å². The molecule has 104 valence electrons. The molecule has 0 saturated carbocycles. The maximum absolute atomic E-state index is 13.5. The summed E-state index contributed by atoms with van der Waals surface area (Å²) in [4.78, 5) is 28.7. The number of rotatable bonds is 4. The number of anilines is 1. The van der Waals surface area contributed by atoms with Crippen molar-refractivity contribution in [3.8, 4) is 5.75 Å². The minimum atomic E-state index is -1.31. The summed E-state index contributed by atoms with van der Waals surface area (Å²) in [6.45, 7) is 0. The standard InChI is InChI=1S/C12H10FN3O4/c1-20-8-3-2-6(4-7(8)13)16-11(17)9-10(12(18)19)15-5-14-9/h2-5H,1H3,(H,14,15)(H,16,17)(H,18,19). The van der Waals surface area contributed by atoms with Gasteiger partial charge in [-0.25, -0.2) is 14.2 Å². The molecule has 1 aromatic carbocycles. The van der Waals surface area contributed by atoms with E-state index in [9.17, 15) is 14.0 Å². The number of aromatic amines is 1. The fourth-order valence-electron chi connectivity index (χ4n) is 1.56. The Morgan fingerprint density at radius 1 is 1.45 bits per heavy atom. The molecule has 2 rings (SSSR count). The van der Waals surface area contributed by atoms with E-state index < -0.39 is 17.7 Å². The molecule has 0 atom stereocenters. The number of imidazole rings is 1. The van der Waals surface area contributed by atoms with E-state index in [0.717, 1.165) is 12.4 Å². The number of nitrogens with one attached hydrogen (secondary N) is 2. The molecule has 7 nitrogen and oxygen atoms in total. The number of carbonyl (C=O) groups excluding carboxylic acids is 1. The van der Waals surface area contributed by atoms with Gasteiger partial charge in [-0.1, -0.05) is 0 Å². The first kappa shape index (κ1) is 13.5. The molecule has 0 aliphatic heterocycles. The number of halogens is 1. The Morgan fingerprint density at radius 3 is 2.80 bits per heavy atom. The number of hydrogen-bond donors (Lipinski definition) is 3. The van der Waals surface area contributed by atoms with Crippen LogP contribution in [0.15, 0.2) is 24.5 Å². The molecule has 2 aromatic rings. The van der Waals surface area contributed by atoms with Gasteiger partial charge in [0.2, 0.25) is 0 Å². The first-order chi connectivity index (χ1) is 9.52. The molecular formula is C12H10FN3O4. The molecule has 8 heteroatoms. The highest BCUT2D eigenvalue weighted by molar-refractivity contribution is 6.08. The van der Waals surface area contributed by atoms with Gasteiger partial charge in [-0.3, -0.25) is 4.79 Å². The van der Waals surface area contributed by atoms with Gasteiger partial charge in [0.1, 0.15) is 0 Å². The van der Waals surface area contributed by atoms with Crippen LogP contribution < -0.4 is 10.1 Å². The van der Waals surface area contributed by atoms with Crippen LogP contribution in [0.25, 0.3) is 0 Å². The van der Waals surface area contributed by atoms with Crippen LogP contribution in [0.2, 0.25) is 0 Å². The zero-order chi connectivity index (χ0) is 14.7. The summed E-state index contributed by atoms with van der Waals surface area (Å²) < 4.78 is 18.2. The molecule has 0 spiro atoms. The van der Waals surface area contributed by atoms with Crippen LogP contribution in [0.3, 0.4) is 0 Å². The van der Waals surface area contributed by atoms with Crippen molar-refractivity contribution in [1.29, 1.82) is 0 Å². The lowest BCUT2D eigenvalue weighted by Crippen LogP contribution is -2.16. The molecule has 20 heavy (non-hydrogen) atoms. The predicted molar refractivity (Wildman–Crippen MR) is 66.5 cm³/mol. The van der Waals surface area contributed by atoms with Crippen LogP contribution >= 0.6 is 0 Å². The van der Waals surface area contributed by atoms with Gasteiger partial charge in [0.05, 0.1) is 13.4 Å². The number of methoxy groups -OCH3 is 1. The van der Waals surface area contributed by atoms with E-state index in [1.807, 2.05) is 0 Å². The SMILES string of the molecule is COc1ccc(NC(=O)c2nc[nH]c2C(=O)O)cc1F. The summed E-state index contributed by atoms with van der Waals surface area (Å²) in [6.07, 6.45) is 1.09. The van der Waals surface area contributed by atoms with E-state index in [4.69, 9.17) is 9.84 Å². The summed E-state index contributed by atoms with van der Waals surface area (Å²) >= 11 is 0. The lowest BCUT2D eigenvalue weighted by Gasteiger charge is -2.06. The highest BCUT2D eigenvalue weighted by atomic mass is 19.1. The van der Waals surface area contributed by atoms with Crippen LogP contribution in [0, 0.1) is 5.82 Å². The zero-order valence-electron chi connectivity index (χ0n) is 10.3. The van der Waals surface area contributed by atoms with Crippen LogP contribution in [-0.2, 0) is 0 Å². The quantitative estimate of drug-likeness (QED) is 0.786. The molecule has 1 amide bonds. The number of nitrogens with zero attached hydrogens (tertiary/aromatic N) is 1. The van der Waals surface area contributed by atoms with Gasteiger partial charge in [0.15, 0.2) is 23.0 Å². The second-order valence-corrected chi connectivity index (χ2v) is 3.73. The molecule has 0 aliphatic carbocycles. The lowest BCUT2D eigenvalue weighted by molar-refractivity contribution is 0.0686. The third-order valence-corrected chi connectivity index (χ3v) is 2.48. The maximum Gasteiger partial charge on any atom is 0.354 e. The third kappa shape index (κ3) is 2.58. The number of benzene rings is 1. The first-order valence-corrected chi connectivity index (χ1v) is 5.44. The Morgan fingerprint density at radius 2 is 2.20 bits per heavy atom. The average Bonchev–Trinajstić information content (AvgIpc) is 2.88. The fraction of sp³-hybridized carbons (Fsp3) is 0.0833. The van der Waals surface area contributed by atoms with E-state index in [0.29, 0.717) is 0 Å². The molecule has 0 radical (unpaired) electrons. The normalized spacial score (nSPS) is 10.1. The van der Waals surface area contributed by atoms with E-state index in [1.54, 1.807) is 0 Å². The van der Waals surface area contributed by atoms with Crippen molar-refractivity contribution in [2.24, 2.45) is 0 Å². The number of ether oxygens (including phenoxy) is 1. The van der Waals surface area contributed by atoms with Gasteiger partial charge in [-0.15, -0.1) is 0 Å². The number of aromatic carboxylic acids is 1. The summed E-state index contributed by atoms with van der Waals surface area (Å²) in [5, 5.41) is 11.2. The second-order valence-electron chi connectivity index (χ2n) is 3.73. The van der Waals surface area contributed by atoms with Crippen molar-refractivity contribution in [3.63, 3.8) is 0 Å². The summed E-state index contributed by atoms with van der Waals surface area (Å²) in [7, 11) is 1.32. The molecule has 0 aliphatic rings. The maximum atomic E-state index is 13.5. The van der Waals surface area contributed by atoms with Gasteiger partial charge < -0.3 is 20.1 Å². The molecule has 1 aromatic heterocycles. The summed E-state index contributed by atoms with van der Waals surface area (Å²) in [5.41, 5.74) is -0.460. The Kier molecular flexibility index (Phi) is 3.65. The Bertz CT molecular complexity index is 668. The second kappa shape index (κ2) is 5.39. The van der Waals surface area contributed by atoms with E-state index in [-0.39, 0.29) is 22.8 Å². The number of carbonyl (C=O) groups is 2. The number of aromatic nitrogens is 2. The van der Waals surface area contributed by atoms with Crippen molar-refractivity contribution in [1.82, 2.24) is 9.97 Å². The number of amides is 1. The van der Waals surface area contributed by atoms with Gasteiger partial charge in [0, 0.05) is 11.8 Å². The van der Waals surface area contributed by atoms with E-state index >= 15 is 0 Å². The van der Waals surface area contributed by atoms with Gasteiger partial charge in [-0.05, 0) is 12.1 Å². The largest absolute Gasteiger partial charge is 0.494 e. The molecular weight excluding hydrogens is 269 g/mol. The van der Waals surface area contributed by atoms with Crippen LogP contribution in [0.4, 0.5) is 10.1 Å². The summed E-state index contributed by atoms with van der Waals surface area (Å²) in [6, 6.07) is 3.82. The zero-order valence-corrected chi connectivity index (χ0v) is 10.3.